The van der Waals surface area contributed by atoms with Crippen molar-refractivity contribution in [1.82, 2.24) is 10.7 Å². The summed E-state index contributed by atoms with van der Waals surface area (Å²) >= 11 is 0. The van der Waals surface area contributed by atoms with Gasteiger partial charge >= 0.3 is 0 Å². The largest absolute Gasteiger partial charge is 0.506 e. The molecule has 0 aliphatic carbocycles. The van der Waals surface area contributed by atoms with Gasteiger partial charge in [0.25, 0.3) is 10.0 Å². The van der Waals surface area contributed by atoms with Crippen molar-refractivity contribution in [2.75, 3.05) is 11.0 Å². The number of anilines is 1. The SMILES string of the molecule is O=C(CCc1ccc(N2NC(O)=CS2(=O)=O)c(O)c1)NCCCCc1ccccc1. The summed E-state index contributed by atoms with van der Waals surface area (Å²) in [6.07, 6.45) is 3.55. The van der Waals surface area contributed by atoms with E-state index in [0.717, 1.165) is 19.3 Å². The average Bonchev–Trinajstić information content (AvgIpc) is 2.98. The number of aromatic hydroxyl groups is 1. The van der Waals surface area contributed by atoms with Crippen molar-refractivity contribution in [2.45, 2.75) is 32.1 Å². The quantitative estimate of drug-likeness (QED) is 0.453. The van der Waals surface area contributed by atoms with Crippen molar-refractivity contribution in [3.05, 3.63) is 70.9 Å². The van der Waals surface area contributed by atoms with Gasteiger partial charge in [-0.2, -0.15) is 12.8 Å². The summed E-state index contributed by atoms with van der Waals surface area (Å²) < 4.78 is 24.5. The van der Waals surface area contributed by atoms with Crippen LogP contribution in [0.1, 0.15) is 30.4 Å². The number of carbonyl (C=O) groups excluding carboxylic acids is 1. The van der Waals surface area contributed by atoms with Crippen LogP contribution in [0.15, 0.2) is 59.8 Å². The number of phenols is 1. The molecule has 160 valence electrons. The number of aliphatic hydroxyl groups excluding tert-OH is 1. The Morgan fingerprint density at radius 2 is 1.77 bits per heavy atom. The minimum atomic E-state index is -3.90. The second-order valence-electron chi connectivity index (χ2n) is 7.04. The molecule has 2 aromatic carbocycles. The molecule has 0 bridgehead atoms. The van der Waals surface area contributed by atoms with Crippen molar-refractivity contribution in [2.24, 2.45) is 0 Å². The van der Waals surface area contributed by atoms with Crippen LogP contribution in [0.5, 0.6) is 5.75 Å². The van der Waals surface area contributed by atoms with Crippen LogP contribution in [0, 0.1) is 0 Å². The Hall–Kier alpha value is -3.20. The van der Waals surface area contributed by atoms with Gasteiger partial charge in [-0.1, -0.05) is 36.4 Å². The van der Waals surface area contributed by atoms with Crippen molar-refractivity contribution >= 4 is 21.6 Å². The summed E-state index contributed by atoms with van der Waals surface area (Å²) in [6, 6.07) is 14.7. The first-order valence-corrected chi connectivity index (χ1v) is 11.2. The maximum atomic E-state index is 12.0. The van der Waals surface area contributed by atoms with Crippen molar-refractivity contribution in [3.8, 4) is 5.75 Å². The van der Waals surface area contributed by atoms with Crippen LogP contribution in [-0.2, 0) is 27.7 Å². The Morgan fingerprint density at radius 3 is 2.43 bits per heavy atom. The van der Waals surface area contributed by atoms with Crippen molar-refractivity contribution < 1.29 is 23.4 Å². The molecule has 0 saturated carbocycles. The van der Waals surface area contributed by atoms with Crippen LogP contribution in [-0.4, -0.2) is 31.1 Å². The monoisotopic (exact) mass is 431 g/mol. The highest BCUT2D eigenvalue weighted by molar-refractivity contribution is 7.95. The summed E-state index contributed by atoms with van der Waals surface area (Å²) in [4.78, 5) is 12.0. The number of unbranched alkanes of at least 4 members (excludes halogenated alkanes) is 1. The van der Waals surface area contributed by atoms with E-state index in [1.54, 1.807) is 6.07 Å². The lowest BCUT2D eigenvalue weighted by Gasteiger charge is -2.19. The average molecular weight is 432 g/mol. The van der Waals surface area contributed by atoms with Gasteiger partial charge in [-0.25, -0.2) is 0 Å². The molecule has 9 heteroatoms. The molecular formula is C21H25N3O5S. The van der Waals surface area contributed by atoms with Crippen LogP contribution in [0.3, 0.4) is 0 Å². The van der Waals surface area contributed by atoms with E-state index in [0.29, 0.717) is 28.4 Å². The summed E-state index contributed by atoms with van der Waals surface area (Å²) in [5.41, 5.74) is 4.23. The minimum absolute atomic E-state index is 0.0121. The lowest BCUT2D eigenvalue weighted by Crippen LogP contribution is -2.35. The number of hydrazine groups is 1. The van der Waals surface area contributed by atoms with E-state index in [9.17, 15) is 23.4 Å². The second kappa shape index (κ2) is 9.53. The van der Waals surface area contributed by atoms with Crippen LogP contribution in [0.25, 0.3) is 0 Å². The summed E-state index contributed by atoms with van der Waals surface area (Å²) in [5.74, 6) is -0.872. The van der Waals surface area contributed by atoms with Gasteiger partial charge in [0.15, 0.2) is 0 Å². The van der Waals surface area contributed by atoms with Gasteiger partial charge in [0.05, 0.1) is 0 Å². The van der Waals surface area contributed by atoms with Gasteiger partial charge in [0.1, 0.15) is 16.8 Å². The molecule has 1 aliphatic rings. The Bertz CT molecular complexity index is 1020. The van der Waals surface area contributed by atoms with E-state index >= 15 is 0 Å². The third-order valence-electron chi connectivity index (χ3n) is 4.69. The third kappa shape index (κ3) is 5.66. The van der Waals surface area contributed by atoms with Gasteiger partial charge in [-0.15, -0.1) is 0 Å². The lowest BCUT2D eigenvalue weighted by molar-refractivity contribution is -0.121. The zero-order valence-electron chi connectivity index (χ0n) is 16.4. The molecule has 1 aliphatic heterocycles. The van der Waals surface area contributed by atoms with Gasteiger partial charge in [0.2, 0.25) is 11.8 Å². The number of sulfonamides is 1. The molecule has 3 rings (SSSR count). The van der Waals surface area contributed by atoms with E-state index in [4.69, 9.17) is 0 Å². The van der Waals surface area contributed by atoms with Crippen LogP contribution in [0.2, 0.25) is 0 Å². The molecule has 0 atom stereocenters. The van der Waals surface area contributed by atoms with E-state index < -0.39 is 15.9 Å². The number of carbonyl (C=O) groups is 1. The molecule has 0 aromatic heterocycles. The summed E-state index contributed by atoms with van der Waals surface area (Å²) in [5, 5.41) is 23.1. The Kier molecular flexibility index (Phi) is 6.83. The predicted molar refractivity (Wildman–Crippen MR) is 114 cm³/mol. The van der Waals surface area contributed by atoms with E-state index in [2.05, 4.69) is 22.9 Å². The lowest BCUT2D eigenvalue weighted by atomic mass is 10.1. The number of amides is 1. The fourth-order valence-corrected chi connectivity index (χ4v) is 4.24. The number of nitrogens with zero attached hydrogens (tertiary/aromatic N) is 1. The number of aliphatic hydroxyl groups is 1. The molecule has 30 heavy (non-hydrogen) atoms. The molecule has 4 N–H and O–H groups in total. The number of hydrogen-bond donors (Lipinski definition) is 4. The molecule has 0 saturated heterocycles. The number of nitrogens with one attached hydrogen (secondary N) is 2. The highest BCUT2D eigenvalue weighted by atomic mass is 32.2. The second-order valence-corrected chi connectivity index (χ2v) is 8.67. The third-order valence-corrected chi connectivity index (χ3v) is 6.01. The van der Waals surface area contributed by atoms with Gasteiger partial charge in [0, 0.05) is 13.0 Å². The number of rotatable bonds is 9. The predicted octanol–water partition coefficient (Wildman–Crippen LogP) is 2.48. The number of hydrogen-bond acceptors (Lipinski definition) is 6. The maximum absolute atomic E-state index is 12.0. The van der Waals surface area contributed by atoms with Crippen LogP contribution >= 0.6 is 0 Å². The fraction of sp³-hybridized carbons (Fsp3) is 0.286. The highest BCUT2D eigenvalue weighted by Crippen LogP contribution is 2.32. The zero-order chi connectivity index (χ0) is 21.6. The van der Waals surface area contributed by atoms with E-state index in [-0.39, 0.29) is 23.8 Å². The van der Waals surface area contributed by atoms with Gasteiger partial charge in [-0.3, -0.25) is 10.2 Å². The van der Waals surface area contributed by atoms with Crippen molar-refractivity contribution in [3.63, 3.8) is 0 Å². The van der Waals surface area contributed by atoms with Gasteiger partial charge in [-0.05, 0) is 48.9 Å². The van der Waals surface area contributed by atoms with Crippen LogP contribution < -0.4 is 15.2 Å². The highest BCUT2D eigenvalue weighted by Gasteiger charge is 2.30. The maximum Gasteiger partial charge on any atom is 0.280 e. The molecule has 2 aromatic rings. The van der Waals surface area contributed by atoms with E-state index in [1.165, 1.54) is 17.7 Å². The molecule has 0 fully saturated rings. The molecular weight excluding hydrogens is 406 g/mol. The summed E-state index contributed by atoms with van der Waals surface area (Å²) in [7, 11) is -3.90. The molecule has 1 heterocycles. The molecule has 0 radical (unpaired) electrons. The first kappa shape index (κ1) is 21.5. The number of phenolic OH excluding ortho intramolecular Hbond substituents is 1. The van der Waals surface area contributed by atoms with Gasteiger partial charge < -0.3 is 15.5 Å². The fourth-order valence-electron chi connectivity index (χ4n) is 3.15. The zero-order valence-corrected chi connectivity index (χ0v) is 17.2. The van der Waals surface area contributed by atoms with Crippen LogP contribution in [0.4, 0.5) is 5.69 Å². The Morgan fingerprint density at radius 1 is 1.00 bits per heavy atom. The molecule has 1 amide bonds. The van der Waals surface area contributed by atoms with Crippen molar-refractivity contribution in [1.29, 1.82) is 0 Å². The Balaban J connectivity index is 1.41. The smallest absolute Gasteiger partial charge is 0.280 e. The number of benzene rings is 2. The van der Waals surface area contributed by atoms with E-state index in [1.807, 2.05) is 18.2 Å². The molecule has 0 spiro atoms. The standard InChI is InChI=1S/C21H25N3O5S/c25-19-14-17(9-11-18(19)24-23-21(27)15-30(24,28)29)10-12-20(26)22-13-5-4-8-16-6-2-1-3-7-16/h1-3,6-7,9,11,14-15,23,25,27H,4-5,8,10,12-13H2,(H,22,26). The summed E-state index contributed by atoms with van der Waals surface area (Å²) in [6.45, 7) is 0.616. The minimum Gasteiger partial charge on any atom is -0.506 e. The normalized spacial score (nSPS) is 14.8. The Labute approximate surface area is 175 Å². The molecule has 8 nitrogen and oxygen atoms in total. The first-order chi connectivity index (χ1) is 14.3. The topological polar surface area (TPSA) is 119 Å². The first-order valence-electron chi connectivity index (χ1n) is 9.70. The molecule has 0 unspecified atom stereocenters. The number of aryl methyl sites for hydroxylation is 2.